The van der Waals surface area contributed by atoms with Crippen LogP contribution in [-0.2, 0) is 47.8 Å². The number of rotatable bonds is 12. The molecule has 8 aliphatic carbocycles. The lowest BCUT2D eigenvalue weighted by atomic mass is 9.44. The summed E-state index contributed by atoms with van der Waals surface area (Å²) >= 11 is 0. The Kier molecular flexibility index (Phi) is 12.3. The maximum Gasteiger partial charge on any atom is 0.326 e. The van der Waals surface area contributed by atoms with Gasteiger partial charge in [-0.2, -0.15) is 0 Å². The van der Waals surface area contributed by atoms with E-state index in [0.29, 0.717) is 36.8 Å². The van der Waals surface area contributed by atoms with Gasteiger partial charge in [-0.25, -0.2) is 8.78 Å². The summed E-state index contributed by atoms with van der Waals surface area (Å²) in [6.45, 7) is 7.50. The van der Waals surface area contributed by atoms with Gasteiger partial charge in [0.05, 0.1) is 25.0 Å². The lowest BCUT2D eigenvalue weighted by Crippen LogP contribution is -2.69. The van der Waals surface area contributed by atoms with Crippen LogP contribution in [0, 0.1) is 57.2 Å². The average molecular weight is 954 g/mol. The highest BCUT2D eigenvalue weighted by molar-refractivity contribution is 6.02. The Morgan fingerprint density at radius 1 is 0.676 bits per heavy atom. The van der Waals surface area contributed by atoms with Crippen LogP contribution in [-0.4, -0.2) is 122 Å². The molecule has 6 fully saturated rings. The Balaban J connectivity index is 0.805. The fourth-order valence-electron chi connectivity index (χ4n) is 15.5. The molecule has 8 rings (SSSR count). The Hall–Kier alpha value is -4.29. The van der Waals surface area contributed by atoms with Gasteiger partial charge in [0, 0.05) is 33.5 Å². The van der Waals surface area contributed by atoms with Crippen molar-refractivity contribution in [1.29, 1.82) is 0 Å². The quantitative estimate of drug-likeness (QED) is 0.139. The Bertz CT molecular complexity index is 2350. The smallest absolute Gasteiger partial charge is 0.326 e. The molecule has 0 saturated heterocycles. The summed E-state index contributed by atoms with van der Waals surface area (Å²) in [5, 5.41) is 47.5. The molecule has 0 radical (unpaired) electrons. The first-order chi connectivity index (χ1) is 31.6. The molecule has 0 amide bonds. The van der Waals surface area contributed by atoms with Gasteiger partial charge in [-0.15, -0.1) is 0 Å². The number of hydrogen-bond acceptors (Lipinski definition) is 15. The highest BCUT2D eigenvalue weighted by Gasteiger charge is 2.77. The number of carbonyl (C=O) groups is 7. The van der Waals surface area contributed by atoms with Gasteiger partial charge in [0.25, 0.3) is 0 Å². The number of fused-ring (bicyclic) bond motifs is 10. The van der Waals surface area contributed by atoms with E-state index in [1.807, 2.05) is 0 Å². The number of halogens is 2. The van der Waals surface area contributed by atoms with Crippen LogP contribution in [0.4, 0.5) is 8.78 Å². The predicted molar refractivity (Wildman–Crippen MR) is 236 cm³/mol. The summed E-state index contributed by atoms with van der Waals surface area (Å²) in [7, 11) is 0. The van der Waals surface area contributed by atoms with E-state index in [1.165, 1.54) is 36.5 Å². The number of allylic oxidation sites excluding steroid dienone is 8. The molecule has 6 N–H and O–H groups in total. The topological polar surface area (TPSA) is 254 Å². The van der Waals surface area contributed by atoms with E-state index in [2.05, 4.69) is 0 Å². The van der Waals surface area contributed by atoms with Gasteiger partial charge in [-0.05, 0) is 113 Å². The summed E-state index contributed by atoms with van der Waals surface area (Å²) < 4.78 is 50.4. The van der Waals surface area contributed by atoms with Crippen LogP contribution >= 0.6 is 0 Å². The van der Waals surface area contributed by atoms with Gasteiger partial charge in [0.1, 0.15) is 23.9 Å². The molecular weight excluding hydrogens is 889 g/mol. The normalized spacial score (nSPS) is 45.8. The van der Waals surface area contributed by atoms with Gasteiger partial charge in [0.2, 0.25) is 11.6 Å². The zero-order valence-electron chi connectivity index (χ0n) is 39.6. The summed E-state index contributed by atoms with van der Waals surface area (Å²) in [4.78, 5) is 90.3. The molecule has 8 aliphatic rings. The van der Waals surface area contributed by atoms with Crippen LogP contribution in [0.5, 0.6) is 0 Å². The molecule has 17 heteroatoms. The summed E-state index contributed by atoms with van der Waals surface area (Å²) in [5.41, 5.74) is -6.54. The lowest BCUT2D eigenvalue weighted by Gasteiger charge is -2.62. The molecule has 0 heterocycles. The van der Waals surface area contributed by atoms with Crippen molar-refractivity contribution in [2.75, 3.05) is 19.8 Å². The van der Waals surface area contributed by atoms with E-state index in [-0.39, 0.29) is 37.2 Å². The van der Waals surface area contributed by atoms with Gasteiger partial charge < -0.3 is 40.4 Å². The third-order valence-electron chi connectivity index (χ3n) is 19.3. The maximum atomic E-state index is 17.5. The van der Waals surface area contributed by atoms with Crippen molar-refractivity contribution in [1.82, 2.24) is 0 Å². The molecule has 6 saturated carbocycles. The molecule has 0 aromatic heterocycles. The summed E-state index contributed by atoms with van der Waals surface area (Å²) in [6, 6.07) is -1.57. The Morgan fingerprint density at radius 3 is 1.50 bits per heavy atom. The second-order valence-electron chi connectivity index (χ2n) is 22.2. The minimum absolute atomic E-state index is 0.249. The van der Waals surface area contributed by atoms with Crippen LogP contribution in [0.15, 0.2) is 47.6 Å². The highest BCUT2D eigenvalue weighted by Crippen LogP contribution is 2.72. The van der Waals surface area contributed by atoms with Crippen LogP contribution in [0.1, 0.15) is 106 Å². The minimum Gasteiger partial charge on any atom is -0.463 e. The first-order valence-electron chi connectivity index (χ1n) is 24.0. The van der Waals surface area contributed by atoms with Crippen LogP contribution in [0.2, 0.25) is 0 Å². The molecule has 0 aliphatic heterocycles. The van der Waals surface area contributed by atoms with Crippen LogP contribution < -0.4 is 5.73 Å². The zero-order valence-corrected chi connectivity index (χ0v) is 39.6. The van der Waals surface area contributed by atoms with Crippen molar-refractivity contribution < 1.29 is 77.0 Å². The number of alkyl halides is 2. The molecule has 0 aromatic carbocycles. The molecule has 15 nitrogen and oxygen atoms in total. The number of ether oxygens (including phenoxy) is 3. The van der Waals surface area contributed by atoms with E-state index in [9.17, 15) is 54.0 Å². The molecule has 0 bridgehead atoms. The second-order valence-corrected chi connectivity index (χ2v) is 22.2. The third kappa shape index (κ3) is 6.74. The Labute approximate surface area is 394 Å². The van der Waals surface area contributed by atoms with Crippen molar-refractivity contribution in [3.63, 3.8) is 0 Å². The lowest BCUT2D eigenvalue weighted by molar-refractivity contribution is -0.220. The molecular formula is C51H65F2NO14. The fourth-order valence-corrected chi connectivity index (χ4v) is 15.5. The molecule has 17 atom stereocenters. The van der Waals surface area contributed by atoms with Crippen molar-refractivity contribution in [2.24, 2.45) is 62.9 Å². The maximum absolute atomic E-state index is 17.5. The largest absolute Gasteiger partial charge is 0.463 e. The van der Waals surface area contributed by atoms with Gasteiger partial charge >= 0.3 is 17.9 Å². The van der Waals surface area contributed by atoms with Crippen LogP contribution in [0.25, 0.3) is 0 Å². The van der Waals surface area contributed by atoms with E-state index in [0.717, 1.165) is 0 Å². The summed E-state index contributed by atoms with van der Waals surface area (Å²) in [6.07, 6.45) is 5.62. The molecule has 0 spiro atoms. The predicted octanol–water partition coefficient (Wildman–Crippen LogP) is 3.56. The van der Waals surface area contributed by atoms with Crippen molar-refractivity contribution in [3.05, 3.63) is 47.6 Å². The first kappa shape index (κ1) is 50.1. The van der Waals surface area contributed by atoms with Crippen LogP contribution in [0.3, 0.4) is 0 Å². The number of hydrogen-bond donors (Lipinski definition) is 5. The van der Waals surface area contributed by atoms with Crippen molar-refractivity contribution in [3.8, 4) is 0 Å². The number of nitrogens with two attached hydrogens (primary N) is 1. The fraction of sp³-hybridized carbons (Fsp3) is 0.706. The number of esters is 3. The standard InChI is InChI=1S/C51H65F2NO14/c1-26-17-34-32-9-7-28-19-30(55)13-15-44(28,3)48(32,52)37(57)21-46(34,5)50(26,64)39(59)24-67-42(62)12-11-41(61)66-23-36(54)43(63)68-25-40(60)51(65)27(2)18-35-33-10-8-29-20-31(56)14-16-45(29,4)49(33,53)38(58)22-47(35,51)6/h13-16,19-20,26-27,32-38,57-58,64-65H,7-12,17-18,21-25,54H2,1-6H3/t26-,27-,32?,33?,34?,35?,36?,37-,38-,44-,45-,46-,47-,48-,49-,50-,51-/m0/s1. The van der Waals surface area contributed by atoms with Crippen molar-refractivity contribution >= 4 is 41.0 Å². The van der Waals surface area contributed by atoms with E-state index < -0.39 is 160 Å². The Morgan fingerprint density at radius 2 is 1.07 bits per heavy atom. The first-order valence-corrected chi connectivity index (χ1v) is 24.0. The van der Waals surface area contributed by atoms with E-state index >= 15 is 8.78 Å². The number of carbonyl (C=O) groups excluding carboxylic acids is 7. The molecule has 5 unspecified atom stereocenters. The minimum atomic E-state index is -2.17. The number of Topliss-reactive ketones (excluding diaryl/α,β-unsaturated/α-hetero) is 2. The monoisotopic (exact) mass is 953 g/mol. The number of ketones is 4. The number of aliphatic hydroxyl groups excluding tert-OH is 2. The molecule has 68 heavy (non-hydrogen) atoms. The van der Waals surface area contributed by atoms with Crippen molar-refractivity contribution in [2.45, 2.75) is 147 Å². The number of aliphatic hydroxyl groups is 4. The third-order valence-corrected chi connectivity index (χ3v) is 19.3. The molecule has 372 valence electrons. The summed E-state index contributed by atoms with van der Waals surface area (Å²) in [5.74, 6) is -9.23. The van der Waals surface area contributed by atoms with E-state index in [4.69, 9.17) is 19.9 Å². The van der Waals surface area contributed by atoms with Gasteiger partial charge in [-0.1, -0.05) is 51.0 Å². The zero-order chi connectivity index (χ0) is 49.9. The highest BCUT2D eigenvalue weighted by atomic mass is 19.1. The average Bonchev–Trinajstić information content (AvgIpc) is 3.61. The van der Waals surface area contributed by atoms with E-state index in [1.54, 1.807) is 41.5 Å². The second kappa shape index (κ2) is 16.7. The molecule has 0 aromatic rings. The van der Waals surface area contributed by atoms with Gasteiger partial charge in [0.15, 0.2) is 36.1 Å². The van der Waals surface area contributed by atoms with Gasteiger partial charge in [-0.3, -0.25) is 33.6 Å². The SMILES string of the molecule is C[C@H]1CC2C3CCC4=CC(=O)C=C[C@]4(C)[C@@]3(F)[C@@H](O)C[C@]2(C)[C@@]1(O)C(=O)COC(=O)CCC(=O)OCC(N)C(=O)OCC(=O)[C@@]1(O)[C@@H](C)CC2C3CCC4=CC(=O)C=C[C@]4(C)[C@@]3(F)[C@@H](O)C[C@@]21C.